The molecule has 0 aliphatic carbocycles. The summed E-state index contributed by atoms with van der Waals surface area (Å²) in [6, 6.07) is 4.81. The van der Waals surface area contributed by atoms with E-state index in [0.717, 1.165) is 0 Å². The Balaban J connectivity index is 1.93. The van der Waals surface area contributed by atoms with E-state index >= 15 is 0 Å². The van der Waals surface area contributed by atoms with Crippen LogP contribution in [0.15, 0.2) is 65.4 Å². The number of ether oxygens (including phenoxy) is 3. The molecule has 18 heteroatoms. The minimum absolute atomic E-state index is 0.0628. The first-order valence-electron chi connectivity index (χ1n) is 11.4. The van der Waals surface area contributed by atoms with Gasteiger partial charge in [0.15, 0.2) is 17.2 Å². The fraction of sp³-hybridized carbons (Fsp3) is 0.120. The first kappa shape index (κ1) is 35.1. The van der Waals surface area contributed by atoms with Gasteiger partial charge < -0.3 is 29.5 Å². The average Bonchev–Trinajstić information content (AvgIpc) is 2.97. The van der Waals surface area contributed by atoms with Gasteiger partial charge in [-0.2, -0.15) is 15.3 Å². The van der Waals surface area contributed by atoms with Crippen LogP contribution in [0.5, 0.6) is 34.5 Å². The molecule has 228 valence electrons. The maximum Gasteiger partial charge on any atom is 0.257 e. The zero-order chi connectivity index (χ0) is 31.8. The molecule has 12 nitrogen and oxygen atoms in total. The number of nitrogens with one attached hydrogen (secondary N) is 2. The van der Waals surface area contributed by atoms with E-state index in [1.165, 1.54) is 40.0 Å². The molecule has 0 fully saturated rings. The number of phenols is 3. The summed E-state index contributed by atoms with van der Waals surface area (Å²) in [6.45, 7) is 0. The number of guanidine groups is 1. The predicted octanol–water partition coefficient (Wildman–Crippen LogP) is 7.34. The third-order valence-electron chi connectivity index (χ3n) is 5.25. The topological polar surface area (TPSA) is 162 Å². The Morgan fingerprint density at radius 1 is 0.605 bits per heavy atom. The van der Waals surface area contributed by atoms with E-state index in [1.54, 1.807) is 18.2 Å². The van der Waals surface area contributed by atoms with E-state index in [1.807, 2.05) is 0 Å². The van der Waals surface area contributed by atoms with E-state index < -0.39 is 0 Å². The second-order valence-electron chi connectivity index (χ2n) is 7.86. The predicted molar refractivity (Wildman–Crippen MR) is 187 cm³/mol. The van der Waals surface area contributed by atoms with Crippen molar-refractivity contribution in [1.29, 1.82) is 0 Å². The Hall–Kier alpha value is -2.38. The fourth-order valence-electron chi connectivity index (χ4n) is 3.23. The summed E-state index contributed by atoms with van der Waals surface area (Å²) in [5.74, 6) is 0.842. The molecule has 5 N–H and O–H groups in total. The molecule has 0 atom stereocenters. The summed E-state index contributed by atoms with van der Waals surface area (Å²) < 4.78 is 18.5. The van der Waals surface area contributed by atoms with Crippen molar-refractivity contribution in [2.24, 2.45) is 20.4 Å². The lowest BCUT2D eigenvalue weighted by molar-refractivity contribution is 0.400. The molecule has 0 aromatic heterocycles. The minimum atomic E-state index is -0.116. The molecule has 0 bridgehead atoms. The molecule has 43 heavy (non-hydrogen) atoms. The Morgan fingerprint density at radius 2 is 0.930 bits per heavy atom. The molecule has 0 heterocycles. The number of hydrogen-bond acceptors (Lipinski definition) is 10. The average molecular weight is 980 g/mol. The van der Waals surface area contributed by atoms with Crippen LogP contribution in [0.25, 0.3) is 0 Å². The van der Waals surface area contributed by atoms with Crippen LogP contribution in [0.4, 0.5) is 0 Å². The zero-order valence-electron chi connectivity index (χ0n) is 22.1. The molecule has 0 aliphatic rings. The third-order valence-corrected chi connectivity index (χ3v) is 9.23. The lowest BCUT2D eigenvalue weighted by Gasteiger charge is -2.10. The molecule has 0 saturated heterocycles. The largest absolute Gasteiger partial charge is 0.506 e. The first-order valence-corrected chi connectivity index (χ1v) is 16.1. The molecular weight excluding hydrogens is 960 g/mol. The molecule has 0 aliphatic heterocycles. The Kier molecular flexibility index (Phi) is 13.1. The van der Waals surface area contributed by atoms with Gasteiger partial charge in [0.2, 0.25) is 0 Å². The monoisotopic (exact) mass is 974 g/mol. The molecule has 0 unspecified atom stereocenters. The van der Waals surface area contributed by atoms with E-state index in [0.29, 0.717) is 60.8 Å². The highest BCUT2D eigenvalue weighted by Gasteiger charge is 2.16. The number of hydrogen-bond donors (Lipinski definition) is 5. The highest BCUT2D eigenvalue weighted by atomic mass is 79.9. The van der Waals surface area contributed by atoms with Gasteiger partial charge in [0.05, 0.1) is 53.4 Å². The van der Waals surface area contributed by atoms with Gasteiger partial charge in [0.1, 0.15) is 30.7 Å². The van der Waals surface area contributed by atoms with Crippen LogP contribution in [0.3, 0.4) is 0 Å². The van der Waals surface area contributed by atoms with Gasteiger partial charge in [-0.25, -0.2) is 10.9 Å². The van der Waals surface area contributed by atoms with Crippen LogP contribution in [0.2, 0.25) is 0 Å². The number of nitrogens with zero attached hydrogens (tertiary/aromatic N) is 4. The summed E-state index contributed by atoms with van der Waals surface area (Å²) >= 11 is 20.0. The Morgan fingerprint density at radius 3 is 1.26 bits per heavy atom. The summed E-state index contributed by atoms with van der Waals surface area (Å²) in [6.07, 6.45) is 3.97. The number of benzene rings is 3. The van der Waals surface area contributed by atoms with Crippen molar-refractivity contribution in [1.82, 2.24) is 10.9 Å². The maximum atomic E-state index is 10.5. The molecule has 0 saturated carbocycles. The van der Waals surface area contributed by atoms with Crippen molar-refractivity contribution in [3.8, 4) is 34.5 Å². The summed E-state index contributed by atoms with van der Waals surface area (Å²) in [5.41, 5.74) is 6.31. The Labute approximate surface area is 296 Å². The number of phenolic OH excluding ortho intramolecular Hbond substituents is 3. The molecule has 3 rings (SSSR count). The smallest absolute Gasteiger partial charge is 0.257 e. The van der Waals surface area contributed by atoms with Crippen LogP contribution >= 0.6 is 95.6 Å². The van der Waals surface area contributed by atoms with E-state index in [-0.39, 0.29) is 23.2 Å². The summed E-state index contributed by atoms with van der Waals surface area (Å²) in [7, 11) is 4.42. The van der Waals surface area contributed by atoms with Gasteiger partial charge in [-0.15, -0.1) is 5.10 Å². The van der Waals surface area contributed by atoms with Gasteiger partial charge in [-0.1, -0.05) is 0 Å². The van der Waals surface area contributed by atoms with Crippen LogP contribution in [-0.2, 0) is 0 Å². The number of halogens is 6. The SMILES string of the molecule is COc1c(Br)cc(C=NN=C(NN=Cc2cc(Br)c(OC)c(Br)c2O)NN=Cc2cc(Br)c(OC)c(Br)c2O)c(O)c1Br. The third kappa shape index (κ3) is 8.42. The highest BCUT2D eigenvalue weighted by molar-refractivity contribution is 9.12. The molecule has 3 aromatic carbocycles. The number of rotatable bonds is 9. The Bertz CT molecular complexity index is 1570. The van der Waals surface area contributed by atoms with E-state index in [2.05, 4.69) is 127 Å². The van der Waals surface area contributed by atoms with Crippen molar-refractivity contribution >= 4 is 120 Å². The van der Waals surface area contributed by atoms with Crippen LogP contribution in [-0.4, -0.2) is 61.3 Å². The molecule has 0 amide bonds. The standard InChI is InChI=1S/C25H20Br6N6O6/c1-41-22-13(26)4-10(19(38)16(22)29)7-32-35-25(36-33-8-11-5-14(27)23(42-2)17(30)20(11)39)37-34-9-12-6-15(28)24(43-3)18(31)21(12)40/h4-9,38-40H,1-3H3,(H2,35,36,37). The zero-order valence-corrected chi connectivity index (χ0v) is 31.6. The highest BCUT2D eigenvalue weighted by Crippen LogP contribution is 2.43. The van der Waals surface area contributed by atoms with Crippen LogP contribution in [0, 0.1) is 0 Å². The fourth-order valence-corrected chi connectivity index (χ4v) is 7.66. The number of methoxy groups -OCH3 is 3. The quantitative estimate of drug-likeness (QED) is 0.0846. The normalized spacial score (nSPS) is 11.4. The van der Waals surface area contributed by atoms with Crippen LogP contribution < -0.4 is 25.1 Å². The van der Waals surface area contributed by atoms with Crippen LogP contribution in [0.1, 0.15) is 16.7 Å². The van der Waals surface area contributed by atoms with E-state index in [9.17, 15) is 15.3 Å². The first-order chi connectivity index (χ1) is 20.4. The maximum absolute atomic E-state index is 10.5. The van der Waals surface area contributed by atoms with Gasteiger partial charge in [-0.05, 0) is 114 Å². The number of aromatic hydroxyl groups is 3. The van der Waals surface area contributed by atoms with Crippen molar-refractivity contribution < 1.29 is 29.5 Å². The van der Waals surface area contributed by atoms with Gasteiger partial charge in [0, 0.05) is 16.7 Å². The molecule has 0 radical (unpaired) electrons. The summed E-state index contributed by atoms with van der Waals surface area (Å²) in [5, 5.41) is 47.8. The molecule has 3 aromatic rings. The minimum Gasteiger partial charge on any atom is -0.506 e. The summed E-state index contributed by atoms with van der Waals surface area (Å²) in [4.78, 5) is 0. The van der Waals surface area contributed by atoms with Gasteiger partial charge in [0.25, 0.3) is 5.96 Å². The van der Waals surface area contributed by atoms with Crippen molar-refractivity contribution in [2.45, 2.75) is 0 Å². The van der Waals surface area contributed by atoms with Gasteiger partial charge in [-0.3, -0.25) is 0 Å². The van der Waals surface area contributed by atoms with E-state index in [4.69, 9.17) is 14.2 Å². The molecule has 0 spiro atoms. The van der Waals surface area contributed by atoms with Crippen molar-refractivity contribution in [2.75, 3.05) is 21.3 Å². The van der Waals surface area contributed by atoms with Crippen molar-refractivity contribution in [3.05, 3.63) is 61.7 Å². The van der Waals surface area contributed by atoms with Crippen molar-refractivity contribution in [3.63, 3.8) is 0 Å². The number of hydrazone groups is 2. The molecular formula is C25H20Br6N6O6. The second kappa shape index (κ2) is 16.1. The van der Waals surface area contributed by atoms with Gasteiger partial charge >= 0.3 is 0 Å². The second-order valence-corrected chi connectivity index (χ2v) is 12.8. The lowest BCUT2D eigenvalue weighted by atomic mass is 10.2. The lowest BCUT2D eigenvalue weighted by Crippen LogP contribution is -2.30.